The first-order chi connectivity index (χ1) is 37.7. The number of urea groups is 1. The van der Waals surface area contributed by atoms with Crippen LogP contribution in [0.3, 0.4) is 0 Å². The molecule has 5 amide bonds. The number of carbonyl (C=O) groups is 10. The number of Topliss-reactive ketones (excluding diaryl/α,β-unsaturated/α-hetero) is 1. The zero-order valence-corrected chi connectivity index (χ0v) is 44.6. The second kappa shape index (κ2) is 29.6. The van der Waals surface area contributed by atoms with Gasteiger partial charge in [0.1, 0.15) is 23.9 Å². The molecule has 3 aliphatic rings. The molecule has 0 bridgehead atoms. The third kappa shape index (κ3) is 19.8. The quantitative estimate of drug-likeness (QED) is 0.0504. The lowest BCUT2D eigenvalue weighted by Crippen LogP contribution is -2.51. The number of carboxylic acids is 5. The zero-order chi connectivity index (χ0) is 57.2. The number of benzene rings is 3. The van der Waals surface area contributed by atoms with Crippen LogP contribution in [-0.4, -0.2) is 214 Å². The van der Waals surface area contributed by atoms with Crippen molar-refractivity contribution in [2.45, 2.75) is 82.8 Å². The molecule has 5 atom stereocenters. The summed E-state index contributed by atoms with van der Waals surface area (Å²) in [4.78, 5) is 132. The lowest BCUT2D eigenvalue weighted by atomic mass is 9.81. The van der Waals surface area contributed by atoms with E-state index >= 15 is 0 Å². The highest BCUT2D eigenvalue weighted by atomic mass is 16.4. The third-order valence-corrected chi connectivity index (χ3v) is 15.2. The summed E-state index contributed by atoms with van der Waals surface area (Å²) in [7, 11) is 0. The molecule has 1 saturated heterocycles. The summed E-state index contributed by atoms with van der Waals surface area (Å²) in [5, 5.41) is 64.8. The van der Waals surface area contributed by atoms with E-state index in [4.69, 9.17) is 5.11 Å². The summed E-state index contributed by atoms with van der Waals surface area (Å²) in [6.45, 7) is 4.60. The monoisotopic (exact) mass is 1100 g/mol. The van der Waals surface area contributed by atoms with Crippen molar-refractivity contribution in [1.29, 1.82) is 0 Å². The van der Waals surface area contributed by atoms with Gasteiger partial charge in [-0.1, -0.05) is 48.5 Å². The van der Waals surface area contributed by atoms with Crippen LogP contribution in [0.15, 0.2) is 54.6 Å². The Bertz CT molecular complexity index is 2600. The van der Waals surface area contributed by atoms with Gasteiger partial charge in [0.2, 0.25) is 17.7 Å². The first-order valence-corrected chi connectivity index (χ1v) is 27.0. The van der Waals surface area contributed by atoms with Gasteiger partial charge in [-0.25, -0.2) is 14.4 Å². The Morgan fingerprint density at radius 1 is 0.557 bits per heavy atom. The second-order valence-electron chi connectivity index (χ2n) is 21.2. The number of hydrogen-bond acceptors (Lipinski definition) is 14. The molecular weight excluding hydrogens is 1030 g/mol. The maximum absolute atomic E-state index is 14.3. The summed E-state index contributed by atoms with van der Waals surface area (Å²) in [6.07, 6.45) is 2.01. The summed E-state index contributed by atoms with van der Waals surface area (Å²) >= 11 is 0. The summed E-state index contributed by atoms with van der Waals surface area (Å²) in [6, 6.07) is 12.7. The average molecular weight is 1100 g/mol. The van der Waals surface area contributed by atoms with Crippen molar-refractivity contribution in [3.05, 3.63) is 60.2 Å². The lowest BCUT2D eigenvalue weighted by Gasteiger charge is -2.33. The highest BCUT2D eigenvalue weighted by molar-refractivity contribution is 6.03. The predicted octanol–water partition coefficient (Wildman–Crippen LogP) is 1.14. The van der Waals surface area contributed by atoms with Gasteiger partial charge in [0.25, 0.3) is 0 Å². The molecule has 24 nitrogen and oxygen atoms in total. The van der Waals surface area contributed by atoms with Gasteiger partial charge in [0.15, 0.2) is 0 Å². The molecule has 3 aromatic carbocycles. The normalized spacial score (nSPS) is 21.0. The number of rotatable bonds is 26. The zero-order valence-electron chi connectivity index (χ0n) is 44.6. The SMILES string of the molecule is CC(=O)CN1CCN(CC(=O)O)CCN(CC(=O)NCC2CCC(C(=O)N[C@@H](Cc3c4ccccc4cc4ccccc34)C(=O)NC[C@@H]3C[C@H]3C[C@H](NC(=O)N[C@@H](CCC(=O)O)C(=O)O)C(=O)O)CC2)CCN(CC(=O)O)CC1. The molecular formula is C55H75N9O15. The van der Waals surface area contributed by atoms with Gasteiger partial charge in [0, 0.05) is 84.2 Å². The molecule has 6 rings (SSSR count). The molecule has 2 saturated carbocycles. The molecule has 79 heavy (non-hydrogen) atoms. The van der Waals surface area contributed by atoms with Crippen LogP contribution in [0, 0.1) is 23.7 Å². The van der Waals surface area contributed by atoms with Gasteiger partial charge >= 0.3 is 35.9 Å². The van der Waals surface area contributed by atoms with E-state index in [9.17, 15) is 68.4 Å². The highest BCUT2D eigenvalue weighted by Gasteiger charge is 2.41. The van der Waals surface area contributed by atoms with Crippen molar-refractivity contribution in [3.63, 3.8) is 0 Å². The fourth-order valence-electron chi connectivity index (χ4n) is 10.7. The molecule has 1 aliphatic heterocycles. The summed E-state index contributed by atoms with van der Waals surface area (Å²) in [5.41, 5.74) is 0.875. The first-order valence-electron chi connectivity index (χ1n) is 27.0. The van der Waals surface area contributed by atoms with Crippen molar-refractivity contribution in [2.75, 3.05) is 91.6 Å². The van der Waals surface area contributed by atoms with Crippen LogP contribution in [0.2, 0.25) is 0 Å². The van der Waals surface area contributed by atoms with E-state index in [1.807, 2.05) is 58.3 Å². The average Bonchev–Trinajstić information content (AvgIpc) is 4.20. The largest absolute Gasteiger partial charge is 0.481 e. The molecule has 24 heteroatoms. The van der Waals surface area contributed by atoms with Crippen LogP contribution >= 0.6 is 0 Å². The Balaban J connectivity index is 1.05. The van der Waals surface area contributed by atoms with E-state index in [0.717, 1.165) is 27.1 Å². The van der Waals surface area contributed by atoms with Crippen LogP contribution < -0.4 is 26.6 Å². The highest BCUT2D eigenvalue weighted by Crippen LogP contribution is 2.41. The molecule has 0 radical (unpaired) electrons. The Kier molecular flexibility index (Phi) is 22.9. The van der Waals surface area contributed by atoms with Crippen LogP contribution in [0.4, 0.5) is 4.79 Å². The van der Waals surface area contributed by atoms with Crippen molar-refractivity contribution in [2.24, 2.45) is 23.7 Å². The number of amides is 5. The van der Waals surface area contributed by atoms with E-state index in [2.05, 4.69) is 32.7 Å². The standard InChI is InChI=1S/C55H75N9O15/c1-34(65)30-61-16-20-63(32-49(69)70)22-18-62(19-23-64(21-17-61)33-50(71)72)31-47(66)56-28-35-10-12-36(13-11-35)51(73)58-45(27-43-41-8-4-2-6-37(41)24-38-7-3-5-9-42(38)43)52(74)57-29-40-25-39(40)26-46(54(77)78)60-55(79)59-44(53(75)76)14-15-48(67)68/h2-9,24,35-36,39-40,44-46H,10-23,25-33H2,1H3,(H,56,66)(H,57,74)(H,58,73)(H,67,68)(H,69,70)(H,71,72)(H,75,76)(H,77,78)(H2,59,60,79)/t35?,36?,39-,40-,44-,45-,46-/m0/s1. The van der Waals surface area contributed by atoms with E-state index < -0.39 is 78.7 Å². The van der Waals surface area contributed by atoms with Crippen LogP contribution in [0.5, 0.6) is 0 Å². The fourth-order valence-corrected chi connectivity index (χ4v) is 10.7. The van der Waals surface area contributed by atoms with Gasteiger partial charge < -0.3 is 52.1 Å². The molecule has 2 aliphatic carbocycles. The number of aliphatic carboxylic acids is 5. The molecule has 10 N–H and O–H groups in total. The number of ketones is 1. The smallest absolute Gasteiger partial charge is 0.326 e. The number of hydrogen-bond donors (Lipinski definition) is 10. The lowest BCUT2D eigenvalue weighted by molar-refractivity contribution is -0.141. The van der Waals surface area contributed by atoms with Gasteiger partial charge in [-0.3, -0.25) is 53.2 Å². The van der Waals surface area contributed by atoms with Gasteiger partial charge in [-0.05, 0) is 103 Å². The van der Waals surface area contributed by atoms with Crippen molar-refractivity contribution in [1.82, 2.24) is 46.2 Å². The minimum Gasteiger partial charge on any atom is -0.481 e. The topological polar surface area (TPSA) is 345 Å². The van der Waals surface area contributed by atoms with E-state index in [1.54, 1.807) is 9.80 Å². The molecule has 0 spiro atoms. The minimum absolute atomic E-state index is 0.00100. The first kappa shape index (κ1) is 60.9. The molecule has 3 fully saturated rings. The van der Waals surface area contributed by atoms with E-state index in [1.165, 1.54) is 6.92 Å². The van der Waals surface area contributed by atoms with Crippen LogP contribution in [0.25, 0.3) is 21.5 Å². The molecule has 0 unspecified atom stereocenters. The molecule has 0 aromatic heterocycles. The number of carboxylic acid groups (broad SMARTS) is 5. The van der Waals surface area contributed by atoms with Crippen molar-refractivity contribution < 1.29 is 73.5 Å². The Morgan fingerprint density at radius 2 is 1.06 bits per heavy atom. The Hall–Kier alpha value is -7.28. The summed E-state index contributed by atoms with van der Waals surface area (Å²) < 4.78 is 0. The fraction of sp³-hybridized carbons (Fsp3) is 0.564. The number of fused-ring (bicyclic) bond motifs is 2. The van der Waals surface area contributed by atoms with Gasteiger partial charge in [0.05, 0.1) is 26.2 Å². The number of carbonyl (C=O) groups excluding carboxylic acids is 5. The molecule has 3 aromatic rings. The number of nitrogens with one attached hydrogen (secondary N) is 5. The van der Waals surface area contributed by atoms with Crippen LogP contribution in [0.1, 0.15) is 63.9 Å². The minimum atomic E-state index is -1.55. The van der Waals surface area contributed by atoms with E-state index in [0.29, 0.717) is 91.0 Å². The third-order valence-electron chi connectivity index (χ3n) is 15.2. The van der Waals surface area contributed by atoms with Gasteiger partial charge in [-0.2, -0.15) is 0 Å². The molecule has 430 valence electrons. The van der Waals surface area contributed by atoms with Crippen LogP contribution in [-0.2, 0) is 49.6 Å². The maximum Gasteiger partial charge on any atom is 0.326 e. The second-order valence-corrected chi connectivity index (χ2v) is 21.2. The maximum atomic E-state index is 14.3. The molecule has 1 heterocycles. The van der Waals surface area contributed by atoms with E-state index in [-0.39, 0.29) is 80.9 Å². The summed E-state index contributed by atoms with van der Waals surface area (Å²) in [5.74, 6) is -7.84. The van der Waals surface area contributed by atoms with Gasteiger partial charge in [-0.15, -0.1) is 0 Å². The van der Waals surface area contributed by atoms with Crippen molar-refractivity contribution >= 4 is 80.9 Å². The Labute approximate surface area is 457 Å². The number of nitrogens with zero attached hydrogens (tertiary/aromatic N) is 4. The van der Waals surface area contributed by atoms with Crippen molar-refractivity contribution in [3.8, 4) is 0 Å². The Morgan fingerprint density at radius 3 is 1.57 bits per heavy atom. The predicted molar refractivity (Wildman–Crippen MR) is 288 cm³/mol.